The first-order chi connectivity index (χ1) is 12.5. The molecule has 0 aliphatic carbocycles. The van der Waals surface area contributed by atoms with Gasteiger partial charge in [-0.05, 0) is 60.2 Å². The Bertz CT molecular complexity index is 898. The molecule has 0 unspecified atom stereocenters. The average molecular weight is 389 g/mol. The van der Waals surface area contributed by atoms with Gasteiger partial charge in [0, 0.05) is 10.7 Å². The molecular formula is C19H17ClN2O3S. The summed E-state index contributed by atoms with van der Waals surface area (Å²) in [6, 6.07) is 12.8. The third-order valence-electron chi connectivity index (χ3n) is 3.96. The molecule has 0 spiro atoms. The number of thioether (sulfide) groups is 1. The van der Waals surface area contributed by atoms with Crippen molar-refractivity contribution in [1.82, 2.24) is 4.90 Å². The van der Waals surface area contributed by atoms with E-state index in [1.807, 2.05) is 43.3 Å². The lowest BCUT2D eigenvalue weighted by Gasteiger charge is -2.16. The molecule has 0 aromatic heterocycles. The van der Waals surface area contributed by atoms with Crippen LogP contribution in [-0.2, 0) is 4.79 Å². The number of nitrogens with one attached hydrogen (secondary N) is 1. The van der Waals surface area contributed by atoms with Gasteiger partial charge in [-0.3, -0.25) is 14.5 Å². The molecule has 1 N–H and O–H groups in total. The Labute approximate surface area is 161 Å². The van der Waals surface area contributed by atoms with E-state index < -0.39 is 0 Å². The third kappa shape index (κ3) is 3.86. The van der Waals surface area contributed by atoms with Gasteiger partial charge in [0.1, 0.15) is 5.75 Å². The number of anilines is 1. The van der Waals surface area contributed by atoms with E-state index in [0.717, 1.165) is 28.6 Å². The van der Waals surface area contributed by atoms with Crippen molar-refractivity contribution in [1.29, 1.82) is 0 Å². The fourth-order valence-electron chi connectivity index (χ4n) is 2.48. The number of imide groups is 1. The number of hydrogen-bond donors (Lipinski definition) is 1. The van der Waals surface area contributed by atoms with Gasteiger partial charge in [-0.25, -0.2) is 0 Å². The molecule has 1 saturated heterocycles. The van der Waals surface area contributed by atoms with Gasteiger partial charge in [-0.1, -0.05) is 29.8 Å². The fraction of sp³-hybridized carbons (Fsp3) is 0.158. The minimum atomic E-state index is -0.324. The second-order valence-corrected chi connectivity index (χ2v) is 7.03. The maximum absolute atomic E-state index is 12.6. The summed E-state index contributed by atoms with van der Waals surface area (Å²) in [6.07, 6.45) is 1.69. The van der Waals surface area contributed by atoms with Gasteiger partial charge in [-0.2, -0.15) is 0 Å². The second kappa shape index (κ2) is 7.85. The lowest BCUT2D eigenvalue weighted by molar-refractivity contribution is -0.122. The molecule has 2 aromatic rings. The van der Waals surface area contributed by atoms with Crippen LogP contribution >= 0.6 is 23.4 Å². The highest BCUT2D eigenvalue weighted by Crippen LogP contribution is 2.33. The molecule has 26 heavy (non-hydrogen) atoms. The lowest BCUT2D eigenvalue weighted by atomic mass is 10.2. The highest BCUT2D eigenvalue weighted by molar-refractivity contribution is 8.18. The number of nitrogens with zero attached hydrogens (tertiary/aromatic N) is 1. The summed E-state index contributed by atoms with van der Waals surface area (Å²) in [4.78, 5) is 26.3. The van der Waals surface area contributed by atoms with E-state index >= 15 is 0 Å². The zero-order valence-corrected chi connectivity index (χ0v) is 15.9. The largest absolute Gasteiger partial charge is 0.497 e. The maximum atomic E-state index is 12.6. The Morgan fingerprint density at radius 3 is 2.77 bits per heavy atom. The first-order valence-corrected chi connectivity index (χ1v) is 9.07. The number of hydrogen-bond acceptors (Lipinski definition) is 5. The van der Waals surface area contributed by atoms with Crippen molar-refractivity contribution in [3.8, 4) is 5.75 Å². The van der Waals surface area contributed by atoms with Crippen LogP contribution in [-0.4, -0.2) is 29.8 Å². The van der Waals surface area contributed by atoms with E-state index in [4.69, 9.17) is 16.3 Å². The average Bonchev–Trinajstić information content (AvgIpc) is 2.90. The monoisotopic (exact) mass is 388 g/mol. The SMILES string of the molecule is COc1cccc(/C=C2/SC(=O)N(CNc3cccc(Cl)c3C)C2=O)c1. The summed E-state index contributed by atoms with van der Waals surface area (Å²) >= 11 is 7.02. The Kier molecular flexibility index (Phi) is 5.54. The molecule has 0 bridgehead atoms. The zero-order chi connectivity index (χ0) is 18.7. The topological polar surface area (TPSA) is 58.6 Å². The molecule has 1 fully saturated rings. The van der Waals surface area contributed by atoms with E-state index in [9.17, 15) is 9.59 Å². The van der Waals surface area contributed by atoms with Crippen LogP contribution in [0.25, 0.3) is 6.08 Å². The Morgan fingerprint density at radius 1 is 1.23 bits per heavy atom. The number of benzene rings is 2. The van der Waals surface area contributed by atoms with Crippen LogP contribution in [0.3, 0.4) is 0 Å². The Morgan fingerprint density at radius 2 is 2.00 bits per heavy atom. The molecule has 2 amide bonds. The minimum absolute atomic E-state index is 0.0846. The zero-order valence-electron chi connectivity index (χ0n) is 14.3. The van der Waals surface area contributed by atoms with Gasteiger partial charge in [0.2, 0.25) is 0 Å². The van der Waals surface area contributed by atoms with E-state index in [-0.39, 0.29) is 17.8 Å². The van der Waals surface area contributed by atoms with Crippen LogP contribution in [0.15, 0.2) is 47.4 Å². The number of amides is 2. The van der Waals surface area contributed by atoms with Crippen molar-refractivity contribution in [3.63, 3.8) is 0 Å². The van der Waals surface area contributed by atoms with Crippen molar-refractivity contribution in [3.05, 3.63) is 63.5 Å². The van der Waals surface area contributed by atoms with Crippen molar-refractivity contribution >= 4 is 46.3 Å². The van der Waals surface area contributed by atoms with Gasteiger partial charge in [-0.15, -0.1) is 0 Å². The fourth-order valence-corrected chi connectivity index (χ4v) is 3.50. The standard InChI is InChI=1S/C19H17ClN2O3S/c1-12-15(20)7-4-8-16(12)21-11-22-18(23)17(26-19(22)24)10-13-5-3-6-14(9-13)25-2/h3-10,21H,11H2,1-2H3/b17-10+. The molecule has 7 heteroatoms. The normalized spacial score (nSPS) is 15.7. The van der Waals surface area contributed by atoms with Crippen LogP contribution in [0, 0.1) is 6.92 Å². The summed E-state index contributed by atoms with van der Waals surface area (Å²) in [5.41, 5.74) is 2.45. The minimum Gasteiger partial charge on any atom is -0.497 e. The smallest absolute Gasteiger partial charge is 0.295 e. The van der Waals surface area contributed by atoms with Crippen molar-refractivity contribution in [2.45, 2.75) is 6.92 Å². The summed E-state index contributed by atoms with van der Waals surface area (Å²) in [5.74, 6) is 0.367. The summed E-state index contributed by atoms with van der Waals surface area (Å²) in [7, 11) is 1.58. The number of carbonyl (C=O) groups is 2. The predicted octanol–water partition coefficient (Wildman–Crippen LogP) is 4.76. The van der Waals surface area contributed by atoms with Crippen LogP contribution in [0.2, 0.25) is 5.02 Å². The molecule has 1 aliphatic heterocycles. The molecule has 134 valence electrons. The van der Waals surface area contributed by atoms with Crippen LogP contribution in [0.1, 0.15) is 11.1 Å². The summed E-state index contributed by atoms with van der Waals surface area (Å²) in [6.45, 7) is 1.96. The van der Waals surface area contributed by atoms with Crippen molar-refractivity contribution < 1.29 is 14.3 Å². The van der Waals surface area contributed by atoms with E-state index in [1.54, 1.807) is 19.3 Å². The molecule has 0 radical (unpaired) electrons. The first-order valence-electron chi connectivity index (χ1n) is 7.88. The molecule has 1 heterocycles. The molecule has 5 nitrogen and oxygen atoms in total. The van der Waals surface area contributed by atoms with E-state index in [2.05, 4.69) is 5.32 Å². The van der Waals surface area contributed by atoms with E-state index in [1.165, 1.54) is 4.90 Å². The third-order valence-corrected chi connectivity index (χ3v) is 5.28. The molecule has 3 rings (SSSR count). The highest BCUT2D eigenvalue weighted by Gasteiger charge is 2.34. The van der Waals surface area contributed by atoms with E-state index in [0.29, 0.717) is 15.7 Å². The number of halogens is 1. The number of carbonyl (C=O) groups excluding carboxylic acids is 2. The first kappa shape index (κ1) is 18.4. The second-order valence-electron chi connectivity index (χ2n) is 5.63. The molecule has 0 atom stereocenters. The number of methoxy groups -OCH3 is 1. The van der Waals surface area contributed by atoms with Crippen molar-refractivity contribution in [2.24, 2.45) is 0 Å². The van der Waals surface area contributed by atoms with Crippen LogP contribution in [0.4, 0.5) is 10.5 Å². The van der Waals surface area contributed by atoms with Crippen LogP contribution in [0.5, 0.6) is 5.75 Å². The van der Waals surface area contributed by atoms with Gasteiger partial charge in [0.05, 0.1) is 18.7 Å². The van der Waals surface area contributed by atoms with Crippen molar-refractivity contribution in [2.75, 3.05) is 19.1 Å². The highest BCUT2D eigenvalue weighted by atomic mass is 35.5. The van der Waals surface area contributed by atoms with Crippen LogP contribution < -0.4 is 10.1 Å². The lowest BCUT2D eigenvalue weighted by Crippen LogP contribution is -2.33. The Balaban J connectivity index is 1.74. The summed E-state index contributed by atoms with van der Waals surface area (Å²) < 4.78 is 5.18. The number of rotatable bonds is 5. The molecular weight excluding hydrogens is 372 g/mol. The molecule has 2 aromatic carbocycles. The molecule has 1 aliphatic rings. The predicted molar refractivity (Wildman–Crippen MR) is 105 cm³/mol. The number of ether oxygens (including phenoxy) is 1. The van der Waals surface area contributed by atoms with Gasteiger partial charge < -0.3 is 10.1 Å². The van der Waals surface area contributed by atoms with Gasteiger partial charge in [0.15, 0.2) is 0 Å². The maximum Gasteiger partial charge on any atom is 0.295 e. The van der Waals surface area contributed by atoms with Gasteiger partial charge >= 0.3 is 0 Å². The molecule has 0 saturated carbocycles. The van der Waals surface area contributed by atoms with Gasteiger partial charge in [0.25, 0.3) is 11.1 Å². The Hall–Kier alpha value is -2.44. The quantitative estimate of drug-likeness (QED) is 0.748. The summed E-state index contributed by atoms with van der Waals surface area (Å²) in [5, 5.41) is 3.42.